The highest BCUT2D eigenvalue weighted by Crippen LogP contribution is 2.27. The van der Waals surface area contributed by atoms with Crippen LogP contribution in [0.25, 0.3) is 0 Å². The number of anilines is 1. The van der Waals surface area contributed by atoms with E-state index in [1.54, 1.807) is 24.3 Å². The van der Waals surface area contributed by atoms with Crippen molar-refractivity contribution in [1.82, 2.24) is 5.32 Å². The van der Waals surface area contributed by atoms with Crippen LogP contribution in [-0.4, -0.2) is 29.4 Å². The van der Waals surface area contributed by atoms with Crippen LogP contribution < -0.4 is 10.6 Å². The molecule has 0 bridgehead atoms. The summed E-state index contributed by atoms with van der Waals surface area (Å²) in [5.41, 5.74) is 1.10. The van der Waals surface area contributed by atoms with E-state index in [0.717, 1.165) is 18.8 Å². The molecule has 26 heavy (non-hydrogen) atoms. The van der Waals surface area contributed by atoms with Gasteiger partial charge < -0.3 is 15.7 Å². The van der Waals surface area contributed by atoms with Crippen LogP contribution >= 0.6 is 0 Å². The molecule has 1 aliphatic carbocycles. The SMILES string of the molecule is O=C(O)CCNC(=O)c1ccc(NC(=O)CCCC2CCCCC2)cc1. The molecule has 0 unspecified atom stereocenters. The minimum atomic E-state index is -0.952. The molecule has 1 aliphatic rings. The molecule has 0 heterocycles. The summed E-state index contributed by atoms with van der Waals surface area (Å²) < 4.78 is 0. The van der Waals surface area contributed by atoms with Crippen LogP contribution in [0.2, 0.25) is 0 Å². The minimum Gasteiger partial charge on any atom is -0.481 e. The van der Waals surface area contributed by atoms with Crippen LogP contribution in [0.5, 0.6) is 0 Å². The zero-order chi connectivity index (χ0) is 18.8. The molecule has 0 aromatic heterocycles. The third kappa shape index (κ3) is 7.25. The molecule has 0 saturated heterocycles. The Morgan fingerprint density at radius 2 is 1.69 bits per heavy atom. The maximum Gasteiger partial charge on any atom is 0.305 e. The molecule has 0 atom stereocenters. The Bertz CT molecular complexity index is 607. The van der Waals surface area contributed by atoms with Gasteiger partial charge in [-0.1, -0.05) is 32.1 Å². The van der Waals surface area contributed by atoms with Crippen molar-refractivity contribution < 1.29 is 19.5 Å². The summed E-state index contributed by atoms with van der Waals surface area (Å²) in [6.45, 7) is 0.0909. The van der Waals surface area contributed by atoms with Gasteiger partial charge in [-0.05, 0) is 43.0 Å². The second kappa shape index (κ2) is 10.6. The third-order valence-electron chi connectivity index (χ3n) is 4.80. The van der Waals surface area contributed by atoms with E-state index in [1.807, 2.05) is 0 Å². The van der Waals surface area contributed by atoms with Crippen molar-refractivity contribution >= 4 is 23.5 Å². The van der Waals surface area contributed by atoms with Crippen LogP contribution in [0.1, 0.15) is 68.1 Å². The quantitative estimate of drug-likeness (QED) is 0.627. The summed E-state index contributed by atoms with van der Waals surface area (Å²) in [6.07, 6.45) is 9.07. The highest BCUT2D eigenvalue weighted by molar-refractivity contribution is 5.95. The Morgan fingerprint density at radius 3 is 2.35 bits per heavy atom. The van der Waals surface area contributed by atoms with Gasteiger partial charge in [0.15, 0.2) is 0 Å². The second-order valence-corrected chi connectivity index (χ2v) is 6.92. The van der Waals surface area contributed by atoms with E-state index < -0.39 is 5.97 Å². The average Bonchev–Trinajstić information content (AvgIpc) is 2.63. The van der Waals surface area contributed by atoms with Gasteiger partial charge in [0.05, 0.1) is 6.42 Å². The Kier molecular flexibility index (Phi) is 8.12. The van der Waals surface area contributed by atoms with Crippen LogP contribution in [0.4, 0.5) is 5.69 Å². The molecule has 2 rings (SSSR count). The Hall–Kier alpha value is -2.37. The standard InChI is InChI=1S/C20H28N2O4/c23-18(8-4-7-15-5-2-1-3-6-15)22-17-11-9-16(10-12-17)20(26)21-14-13-19(24)25/h9-12,15H,1-8,13-14H2,(H,21,26)(H,22,23)(H,24,25). The van der Waals surface area contributed by atoms with Gasteiger partial charge in [0, 0.05) is 24.2 Å². The number of amides is 2. The first-order chi connectivity index (χ1) is 12.5. The van der Waals surface area contributed by atoms with Crippen molar-refractivity contribution in [2.45, 2.75) is 57.8 Å². The number of carbonyl (C=O) groups is 3. The van der Waals surface area contributed by atoms with Crippen LogP contribution in [0.3, 0.4) is 0 Å². The van der Waals surface area contributed by atoms with Gasteiger partial charge in [0.1, 0.15) is 0 Å². The molecule has 1 saturated carbocycles. The predicted octanol–water partition coefficient (Wildman–Crippen LogP) is 3.58. The Labute approximate surface area is 154 Å². The number of hydrogen-bond donors (Lipinski definition) is 3. The molecule has 6 heteroatoms. The lowest BCUT2D eigenvalue weighted by molar-refractivity contribution is -0.136. The lowest BCUT2D eigenvalue weighted by Crippen LogP contribution is -2.25. The number of carboxylic acids is 1. The lowest BCUT2D eigenvalue weighted by atomic mass is 9.86. The van der Waals surface area contributed by atoms with Crippen molar-refractivity contribution in [3.8, 4) is 0 Å². The molecule has 0 aliphatic heterocycles. The smallest absolute Gasteiger partial charge is 0.305 e. The lowest BCUT2D eigenvalue weighted by Gasteiger charge is -2.21. The molecular formula is C20H28N2O4. The number of carbonyl (C=O) groups excluding carboxylic acids is 2. The van der Waals surface area contributed by atoms with Crippen LogP contribution in [0, 0.1) is 5.92 Å². The summed E-state index contributed by atoms with van der Waals surface area (Å²) in [5.74, 6) is -0.488. The predicted molar refractivity (Wildman–Crippen MR) is 100 cm³/mol. The van der Waals surface area contributed by atoms with Crippen molar-refractivity contribution in [2.75, 3.05) is 11.9 Å². The molecule has 0 spiro atoms. The molecule has 0 radical (unpaired) electrons. The summed E-state index contributed by atoms with van der Waals surface area (Å²) in [6, 6.07) is 6.61. The van der Waals surface area contributed by atoms with Crippen LogP contribution in [-0.2, 0) is 9.59 Å². The Morgan fingerprint density at radius 1 is 1.00 bits per heavy atom. The normalized spacial score (nSPS) is 14.6. The first kappa shape index (κ1) is 19.9. The monoisotopic (exact) mass is 360 g/mol. The second-order valence-electron chi connectivity index (χ2n) is 6.92. The molecular weight excluding hydrogens is 332 g/mol. The van der Waals surface area contributed by atoms with Crippen molar-refractivity contribution in [1.29, 1.82) is 0 Å². The minimum absolute atomic E-state index is 0.000492. The van der Waals surface area contributed by atoms with E-state index in [0.29, 0.717) is 17.7 Å². The van der Waals surface area contributed by atoms with Gasteiger partial charge in [-0.2, -0.15) is 0 Å². The maximum absolute atomic E-state index is 12.0. The fourth-order valence-corrected chi connectivity index (χ4v) is 3.34. The van der Waals surface area contributed by atoms with Gasteiger partial charge in [-0.25, -0.2) is 0 Å². The third-order valence-corrected chi connectivity index (χ3v) is 4.80. The summed E-state index contributed by atoms with van der Waals surface area (Å²) >= 11 is 0. The van der Waals surface area contributed by atoms with Crippen molar-refractivity contribution in [3.05, 3.63) is 29.8 Å². The summed E-state index contributed by atoms with van der Waals surface area (Å²) in [4.78, 5) is 34.3. The van der Waals surface area contributed by atoms with E-state index in [9.17, 15) is 14.4 Å². The number of aliphatic carboxylic acids is 1. The molecule has 3 N–H and O–H groups in total. The van der Waals surface area contributed by atoms with E-state index in [4.69, 9.17) is 5.11 Å². The summed E-state index contributed by atoms with van der Waals surface area (Å²) in [5, 5.41) is 14.0. The molecule has 6 nitrogen and oxygen atoms in total. The number of rotatable bonds is 9. The van der Waals surface area contributed by atoms with E-state index in [-0.39, 0.29) is 24.8 Å². The van der Waals surface area contributed by atoms with Crippen molar-refractivity contribution in [3.63, 3.8) is 0 Å². The number of carboxylic acid groups (broad SMARTS) is 1. The topological polar surface area (TPSA) is 95.5 Å². The average molecular weight is 360 g/mol. The fourth-order valence-electron chi connectivity index (χ4n) is 3.34. The number of nitrogens with one attached hydrogen (secondary N) is 2. The van der Waals surface area contributed by atoms with Crippen LogP contribution in [0.15, 0.2) is 24.3 Å². The van der Waals surface area contributed by atoms with E-state index >= 15 is 0 Å². The van der Waals surface area contributed by atoms with Gasteiger partial charge >= 0.3 is 5.97 Å². The molecule has 1 aromatic carbocycles. The van der Waals surface area contributed by atoms with Gasteiger partial charge in [0.2, 0.25) is 5.91 Å². The molecule has 2 amide bonds. The molecule has 142 valence electrons. The number of benzene rings is 1. The van der Waals surface area contributed by atoms with Gasteiger partial charge in [-0.15, -0.1) is 0 Å². The number of hydrogen-bond acceptors (Lipinski definition) is 3. The first-order valence-electron chi connectivity index (χ1n) is 9.44. The largest absolute Gasteiger partial charge is 0.481 e. The van der Waals surface area contributed by atoms with Gasteiger partial charge in [0.25, 0.3) is 5.91 Å². The highest BCUT2D eigenvalue weighted by atomic mass is 16.4. The first-order valence-corrected chi connectivity index (χ1v) is 9.44. The summed E-state index contributed by atoms with van der Waals surface area (Å²) in [7, 11) is 0. The highest BCUT2D eigenvalue weighted by Gasteiger charge is 2.13. The zero-order valence-electron chi connectivity index (χ0n) is 15.1. The fraction of sp³-hybridized carbons (Fsp3) is 0.550. The molecule has 1 aromatic rings. The maximum atomic E-state index is 12.0. The Balaban J connectivity index is 1.69. The zero-order valence-corrected chi connectivity index (χ0v) is 15.1. The van der Waals surface area contributed by atoms with Crippen molar-refractivity contribution in [2.24, 2.45) is 5.92 Å². The van der Waals surface area contributed by atoms with Gasteiger partial charge in [-0.3, -0.25) is 14.4 Å². The van der Waals surface area contributed by atoms with E-state index in [2.05, 4.69) is 10.6 Å². The van der Waals surface area contributed by atoms with E-state index in [1.165, 1.54) is 32.1 Å². The molecule has 1 fully saturated rings.